The number of aromatic amines is 1. The number of Topliss-reactive ketones (excluding diaryl/α,β-unsaturated/α-hetero) is 2. The van der Waals surface area contributed by atoms with Gasteiger partial charge in [0.25, 0.3) is 0 Å². The first-order chi connectivity index (χ1) is 20.1. The summed E-state index contributed by atoms with van der Waals surface area (Å²) in [5.74, 6) is 0.354. The van der Waals surface area contributed by atoms with Gasteiger partial charge < -0.3 is 30.9 Å². The van der Waals surface area contributed by atoms with Crippen LogP contribution in [0.1, 0.15) is 31.7 Å². The molecule has 1 aliphatic rings. The van der Waals surface area contributed by atoms with Crippen molar-refractivity contribution in [3.05, 3.63) is 36.0 Å². The number of carbonyl (C=O) groups is 6. The lowest BCUT2D eigenvalue weighted by Crippen LogP contribution is -2.58. The zero-order valence-corrected chi connectivity index (χ0v) is 24.1. The highest BCUT2D eigenvalue weighted by atomic mass is 32.1. The Labute approximate surface area is 247 Å². The van der Waals surface area contributed by atoms with E-state index >= 15 is 0 Å². The van der Waals surface area contributed by atoms with Gasteiger partial charge in [0, 0.05) is 35.8 Å². The Morgan fingerprint density at radius 2 is 1.86 bits per heavy atom. The number of hydrazine groups is 1. The number of carboxylic acids is 1. The van der Waals surface area contributed by atoms with Crippen LogP contribution in [0.2, 0.25) is 0 Å². The Bertz CT molecular complexity index is 1310. The van der Waals surface area contributed by atoms with E-state index in [-0.39, 0.29) is 31.7 Å². The van der Waals surface area contributed by atoms with Gasteiger partial charge in [0.1, 0.15) is 12.1 Å². The number of H-pyrrole nitrogens is 1. The SMILES string of the molecule is CCNCC(=O)NC(CC(=O)O)C(=O)NC(Cc1c[nH]c2ccccc12)C(=O)N1CCC[C@H]1C(=O)C(=O)[C@H](CS)NN. The van der Waals surface area contributed by atoms with Gasteiger partial charge in [-0.3, -0.25) is 34.6 Å². The Morgan fingerprint density at radius 3 is 2.52 bits per heavy atom. The number of aliphatic carboxylic acids is 1. The van der Waals surface area contributed by atoms with Crippen LogP contribution in [0.4, 0.5) is 0 Å². The fraction of sp³-hybridized carbons (Fsp3) is 0.481. The first-order valence-electron chi connectivity index (χ1n) is 13.6. The van der Waals surface area contributed by atoms with E-state index < -0.39 is 65.8 Å². The minimum Gasteiger partial charge on any atom is -0.481 e. The van der Waals surface area contributed by atoms with E-state index in [9.17, 15) is 33.9 Å². The molecular formula is C27H37N7O7S. The number of para-hydroxylation sites is 1. The highest BCUT2D eigenvalue weighted by Crippen LogP contribution is 2.24. The lowest BCUT2D eigenvalue weighted by molar-refractivity contribution is -0.145. The van der Waals surface area contributed by atoms with E-state index in [1.165, 1.54) is 4.90 Å². The molecule has 1 aromatic heterocycles. The van der Waals surface area contributed by atoms with Gasteiger partial charge in [-0.25, -0.2) is 5.43 Å². The van der Waals surface area contributed by atoms with Crippen LogP contribution >= 0.6 is 12.6 Å². The van der Waals surface area contributed by atoms with Crippen molar-refractivity contribution in [2.75, 3.05) is 25.4 Å². The van der Waals surface area contributed by atoms with E-state index in [0.717, 1.165) is 10.9 Å². The molecule has 0 spiro atoms. The number of carbonyl (C=O) groups excluding carboxylic acids is 5. The van der Waals surface area contributed by atoms with Crippen LogP contribution in [0.5, 0.6) is 0 Å². The lowest BCUT2D eigenvalue weighted by atomic mass is 9.99. The first-order valence-corrected chi connectivity index (χ1v) is 14.3. The topological polar surface area (TPSA) is 216 Å². The Kier molecular flexibility index (Phi) is 12.0. The quantitative estimate of drug-likeness (QED) is 0.0489. The van der Waals surface area contributed by atoms with Gasteiger partial charge in [0.05, 0.1) is 25.0 Å². The number of likely N-dealkylation sites (tertiary alicyclic amines) is 1. The number of thiol groups is 1. The minimum absolute atomic E-state index is 0.00527. The molecular weight excluding hydrogens is 566 g/mol. The molecule has 15 heteroatoms. The number of amides is 3. The Balaban J connectivity index is 1.90. The zero-order chi connectivity index (χ0) is 30.8. The second-order valence-electron chi connectivity index (χ2n) is 9.94. The van der Waals surface area contributed by atoms with E-state index in [0.29, 0.717) is 18.5 Å². The van der Waals surface area contributed by atoms with Crippen molar-refractivity contribution in [2.24, 2.45) is 5.84 Å². The summed E-state index contributed by atoms with van der Waals surface area (Å²) in [6.45, 7) is 2.31. The zero-order valence-electron chi connectivity index (χ0n) is 23.2. The van der Waals surface area contributed by atoms with Crippen molar-refractivity contribution in [3.8, 4) is 0 Å². The van der Waals surface area contributed by atoms with Crippen LogP contribution < -0.4 is 27.2 Å². The molecule has 2 aromatic rings. The maximum absolute atomic E-state index is 14.0. The number of ketones is 2. The molecule has 0 bridgehead atoms. The van der Waals surface area contributed by atoms with E-state index in [1.807, 2.05) is 24.3 Å². The summed E-state index contributed by atoms with van der Waals surface area (Å²) in [5.41, 5.74) is 3.75. The van der Waals surface area contributed by atoms with E-state index in [4.69, 9.17) is 5.84 Å². The fourth-order valence-corrected chi connectivity index (χ4v) is 5.18. The van der Waals surface area contributed by atoms with Crippen LogP contribution in [0, 0.1) is 0 Å². The summed E-state index contributed by atoms with van der Waals surface area (Å²) < 4.78 is 0. The molecule has 228 valence electrons. The third-order valence-corrected chi connectivity index (χ3v) is 7.43. The first kappa shape index (κ1) is 32.7. The standard InChI is InChI=1S/C27H37N7O7S/c1-2-29-13-22(35)31-18(11-23(36)37)26(40)32-19(10-15-12-30-17-7-4-3-6-16(15)17)27(41)34-9-5-8-21(34)25(39)24(38)20(14-42)33-28/h3-4,6-7,12,18-21,29-30,33,42H,2,5,8-11,13-14,28H2,1H3,(H,31,35)(H,32,40)(H,36,37)/t18?,19?,20-,21-/m0/s1. The number of nitrogens with zero attached hydrogens (tertiary/aromatic N) is 1. The average molecular weight is 604 g/mol. The third-order valence-electron chi connectivity index (χ3n) is 7.06. The number of likely N-dealkylation sites (N-methyl/N-ethyl adjacent to an activating group) is 1. The minimum atomic E-state index is -1.46. The number of hydrogen-bond acceptors (Lipinski definition) is 10. The number of hydrogen-bond donors (Lipinski definition) is 8. The maximum atomic E-state index is 14.0. The van der Waals surface area contributed by atoms with Crippen molar-refractivity contribution in [1.82, 2.24) is 31.3 Å². The van der Waals surface area contributed by atoms with Gasteiger partial charge in [-0.1, -0.05) is 25.1 Å². The van der Waals surface area contributed by atoms with Crippen LogP contribution in [0.25, 0.3) is 10.9 Å². The highest BCUT2D eigenvalue weighted by molar-refractivity contribution is 7.80. The molecule has 1 fully saturated rings. The van der Waals surface area contributed by atoms with Crippen LogP contribution in [0.15, 0.2) is 30.5 Å². The van der Waals surface area contributed by atoms with Gasteiger partial charge in [-0.15, -0.1) is 0 Å². The van der Waals surface area contributed by atoms with E-state index in [1.54, 1.807) is 13.1 Å². The molecule has 3 rings (SSSR count). The fourth-order valence-electron chi connectivity index (χ4n) is 4.91. The second-order valence-corrected chi connectivity index (χ2v) is 10.3. The van der Waals surface area contributed by atoms with E-state index in [2.05, 4.69) is 39.0 Å². The number of carboxylic acid groups (broad SMARTS) is 1. The molecule has 2 unspecified atom stereocenters. The van der Waals surface area contributed by atoms with Crippen molar-refractivity contribution in [2.45, 2.75) is 56.8 Å². The summed E-state index contributed by atoms with van der Waals surface area (Å²) >= 11 is 4.05. The summed E-state index contributed by atoms with van der Waals surface area (Å²) in [4.78, 5) is 81.4. The van der Waals surface area contributed by atoms with Crippen LogP contribution in [0.3, 0.4) is 0 Å². The predicted molar refractivity (Wildman–Crippen MR) is 156 cm³/mol. The number of rotatable bonds is 16. The number of fused-ring (bicyclic) bond motifs is 1. The third kappa shape index (κ3) is 8.15. The number of nitrogens with two attached hydrogens (primary N) is 1. The smallest absolute Gasteiger partial charge is 0.305 e. The molecule has 0 saturated carbocycles. The lowest BCUT2D eigenvalue weighted by Gasteiger charge is -2.30. The van der Waals surface area contributed by atoms with Crippen molar-refractivity contribution >= 4 is 58.8 Å². The number of nitrogens with one attached hydrogen (secondary N) is 5. The van der Waals surface area contributed by atoms with Crippen LogP contribution in [-0.2, 0) is 35.2 Å². The summed E-state index contributed by atoms with van der Waals surface area (Å²) in [6, 6.07) is 2.57. The summed E-state index contributed by atoms with van der Waals surface area (Å²) in [7, 11) is 0. The molecule has 14 nitrogen and oxygen atoms in total. The van der Waals surface area contributed by atoms with Crippen molar-refractivity contribution < 1.29 is 33.9 Å². The average Bonchev–Trinajstić information content (AvgIpc) is 3.62. The van der Waals surface area contributed by atoms with Gasteiger partial charge in [-0.05, 0) is 31.0 Å². The molecule has 3 amide bonds. The molecule has 4 atom stereocenters. The van der Waals surface area contributed by atoms with Gasteiger partial charge in [0.2, 0.25) is 29.3 Å². The normalized spacial score (nSPS) is 16.9. The van der Waals surface area contributed by atoms with Crippen molar-refractivity contribution in [3.63, 3.8) is 0 Å². The maximum Gasteiger partial charge on any atom is 0.305 e. The highest BCUT2D eigenvalue weighted by Gasteiger charge is 2.41. The number of aromatic nitrogens is 1. The molecule has 1 aliphatic heterocycles. The molecule has 2 heterocycles. The van der Waals surface area contributed by atoms with Crippen molar-refractivity contribution in [1.29, 1.82) is 0 Å². The largest absolute Gasteiger partial charge is 0.481 e. The van der Waals surface area contributed by atoms with Gasteiger partial charge in [-0.2, -0.15) is 12.6 Å². The predicted octanol–water partition coefficient (Wildman–Crippen LogP) is -1.34. The summed E-state index contributed by atoms with van der Waals surface area (Å²) in [5, 5.41) is 18.0. The monoisotopic (exact) mass is 603 g/mol. The molecule has 1 saturated heterocycles. The Morgan fingerprint density at radius 1 is 1.12 bits per heavy atom. The summed E-state index contributed by atoms with van der Waals surface area (Å²) in [6.07, 6.45) is 1.68. The molecule has 0 radical (unpaired) electrons. The number of benzene rings is 1. The molecule has 0 aliphatic carbocycles. The van der Waals surface area contributed by atoms with Gasteiger partial charge >= 0.3 is 5.97 Å². The Hall–Kier alpha value is -3.79. The van der Waals surface area contributed by atoms with Gasteiger partial charge in [0.15, 0.2) is 0 Å². The second kappa shape index (κ2) is 15.4. The molecule has 42 heavy (non-hydrogen) atoms. The molecule has 8 N–H and O–H groups in total. The van der Waals surface area contributed by atoms with Crippen LogP contribution in [-0.4, -0.2) is 99.8 Å². The molecule has 1 aromatic carbocycles.